The Labute approximate surface area is 201 Å². The molecular formula is C28H34N4O2. The van der Waals surface area contributed by atoms with Crippen LogP contribution in [-0.2, 0) is 16.8 Å². The number of hydrogen-bond donors (Lipinski definition) is 2. The van der Waals surface area contributed by atoms with E-state index < -0.39 is 0 Å². The molecule has 1 amide bonds. The van der Waals surface area contributed by atoms with Gasteiger partial charge < -0.3 is 10.3 Å². The number of nitrogens with zero attached hydrogens (tertiary/aromatic N) is 2. The van der Waals surface area contributed by atoms with Gasteiger partial charge in [-0.15, -0.1) is 0 Å². The maximum absolute atomic E-state index is 13.1. The topological polar surface area (TPSA) is 79.8 Å². The molecule has 0 bridgehead atoms. The molecule has 4 rings (SSSR count). The molecule has 0 saturated carbocycles. The third-order valence-corrected chi connectivity index (χ3v) is 6.15. The lowest BCUT2D eigenvalue weighted by Gasteiger charge is -2.20. The molecule has 1 fully saturated rings. The molecule has 3 aromatic rings. The van der Waals surface area contributed by atoms with Gasteiger partial charge in [0.2, 0.25) is 5.91 Å². The monoisotopic (exact) mass is 458 g/mol. The molecular weight excluding hydrogens is 424 g/mol. The summed E-state index contributed by atoms with van der Waals surface area (Å²) in [6, 6.07) is 12.2. The molecule has 1 aliphatic heterocycles. The van der Waals surface area contributed by atoms with Crippen molar-refractivity contribution in [2.24, 2.45) is 5.92 Å². The van der Waals surface area contributed by atoms with Gasteiger partial charge in [0.1, 0.15) is 0 Å². The highest BCUT2D eigenvalue weighted by molar-refractivity contribution is 5.82. The third-order valence-electron chi connectivity index (χ3n) is 6.15. The number of nitrogens with one attached hydrogen (secondary N) is 2. The second-order valence-corrected chi connectivity index (χ2v) is 10.6. The maximum atomic E-state index is 13.1. The SMILES string of the molecule is CC(C)Cn1cc(-c2ccc(/C(=C\[C@H]3CCC(=O)N3)c3ccc(C(C)(C)C)cc3)[nH]c2=O)cn1. The van der Waals surface area contributed by atoms with Crippen molar-refractivity contribution in [3.63, 3.8) is 0 Å². The standard InChI is InChI=1S/C28H34N4O2/c1-18(2)16-32-17-20(15-29-32)23-11-12-25(31-27(23)34)24(14-22-10-13-26(33)30-22)19-6-8-21(9-7-19)28(3,4)5/h6-9,11-12,14-15,17-18,22H,10,13,16H2,1-5H3,(H,30,33)(H,31,34)/b24-14-/t22-/m1/s1. The van der Waals surface area contributed by atoms with Crippen LogP contribution in [0.4, 0.5) is 0 Å². The quantitative estimate of drug-likeness (QED) is 0.551. The minimum Gasteiger partial charge on any atom is -0.350 e. The number of aromatic nitrogens is 3. The predicted molar refractivity (Wildman–Crippen MR) is 137 cm³/mol. The average Bonchev–Trinajstić information content (AvgIpc) is 3.39. The Bertz CT molecular complexity index is 1260. The molecule has 2 aromatic heterocycles. The average molecular weight is 459 g/mol. The first-order valence-electron chi connectivity index (χ1n) is 12.0. The van der Waals surface area contributed by atoms with Crippen molar-refractivity contribution in [1.29, 1.82) is 0 Å². The summed E-state index contributed by atoms with van der Waals surface area (Å²) in [5, 5.41) is 7.41. The van der Waals surface area contributed by atoms with E-state index >= 15 is 0 Å². The summed E-state index contributed by atoms with van der Waals surface area (Å²) in [4.78, 5) is 28.0. The van der Waals surface area contributed by atoms with Crippen LogP contribution in [0.2, 0.25) is 0 Å². The van der Waals surface area contributed by atoms with Crippen molar-refractivity contribution in [1.82, 2.24) is 20.1 Å². The minimum atomic E-state index is -0.158. The lowest BCUT2D eigenvalue weighted by atomic mass is 9.86. The molecule has 0 spiro atoms. The Balaban J connectivity index is 1.71. The summed E-state index contributed by atoms with van der Waals surface area (Å²) in [6.07, 6.45) is 6.98. The van der Waals surface area contributed by atoms with E-state index in [4.69, 9.17) is 0 Å². The first-order valence-corrected chi connectivity index (χ1v) is 12.0. The number of rotatable bonds is 6. The molecule has 2 N–H and O–H groups in total. The van der Waals surface area contributed by atoms with Crippen LogP contribution in [0.3, 0.4) is 0 Å². The molecule has 178 valence electrons. The van der Waals surface area contributed by atoms with Gasteiger partial charge in [0.15, 0.2) is 0 Å². The van der Waals surface area contributed by atoms with E-state index in [1.807, 2.05) is 23.0 Å². The Morgan fingerprint density at radius 3 is 2.47 bits per heavy atom. The molecule has 0 aliphatic carbocycles. The van der Waals surface area contributed by atoms with Gasteiger partial charge in [0.05, 0.1) is 11.8 Å². The number of carbonyl (C=O) groups excluding carboxylic acids is 1. The number of carbonyl (C=O) groups is 1. The Kier molecular flexibility index (Phi) is 6.60. The van der Waals surface area contributed by atoms with Crippen LogP contribution in [0.5, 0.6) is 0 Å². The lowest BCUT2D eigenvalue weighted by Crippen LogP contribution is -2.23. The van der Waals surface area contributed by atoms with Gasteiger partial charge in [0, 0.05) is 42.0 Å². The maximum Gasteiger partial charge on any atom is 0.256 e. The van der Waals surface area contributed by atoms with Crippen LogP contribution >= 0.6 is 0 Å². The minimum absolute atomic E-state index is 0.0534. The second kappa shape index (κ2) is 9.45. The largest absolute Gasteiger partial charge is 0.350 e. The van der Waals surface area contributed by atoms with Crippen molar-refractivity contribution >= 4 is 11.5 Å². The van der Waals surface area contributed by atoms with Crippen molar-refractivity contribution in [3.05, 3.63) is 82.0 Å². The molecule has 0 unspecified atom stereocenters. The summed E-state index contributed by atoms with van der Waals surface area (Å²) >= 11 is 0. The van der Waals surface area contributed by atoms with E-state index in [1.165, 1.54) is 5.56 Å². The Morgan fingerprint density at radius 1 is 1.15 bits per heavy atom. The van der Waals surface area contributed by atoms with E-state index in [2.05, 4.69) is 80.4 Å². The molecule has 3 heterocycles. The number of amides is 1. The van der Waals surface area contributed by atoms with Gasteiger partial charge in [-0.3, -0.25) is 14.3 Å². The Morgan fingerprint density at radius 2 is 1.88 bits per heavy atom. The fourth-order valence-electron chi connectivity index (χ4n) is 4.29. The molecule has 1 atom stereocenters. The van der Waals surface area contributed by atoms with E-state index in [1.54, 1.807) is 6.20 Å². The van der Waals surface area contributed by atoms with Gasteiger partial charge in [-0.1, -0.05) is 65.0 Å². The smallest absolute Gasteiger partial charge is 0.256 e. The van der Waals surface area contributed by atoms with Crippen LogP contribution in [-0.4, -0.2) is 26.7 Å². The molecule has 6 nitrogen and oxygen atoms in total. The number of pyridine rings is 1. The summed E-state index contributed by atoms with van der Waals surface area (Å²) in [7, 11) is 0. The fourth-order valence-corrected chi connectivity index (χ4v) is 4.29. The molecule has 0 radical (unpaired) electrons. The van der Waals surface area contributed by atoms with Crippen LogP contribution in [0, 0.1) is 5.92 Å². The second-order valence-electron chi connectivity index (χ2n) is 10.6. The first-order chi connectivity index (χ1) is 16.1. The van der Waals surface area contributed by atoms with Crippen molar-refractivity contribution < 1.29 is 4.79 Å². The highest BCUT2D eigenvalue weighted by atomic mass is 16.2. The van der Waals surface area contributed by atoms with Gasteiger partial charge in [-0.2, -0.15) is 5.10 Å². The normalized spacial score (nSPS) is 16.8. The number of hydrogen-bond acceptors (Lipinski definition) is 3. The summed E-state index contributed by atoms with van der Waals surface area (Å²) in [5.74, 6) is 0.535. The highest BCUT2D eigenvalue weighted by Gasteiger charge is 2.21. The molecule has 34 heavy (non-hydrogen) atoms. The fraction of sp³-hybridized carbons (Fsp3) is 0.393. The molecule has 1 aliphatic rings. The van der Waals surface area contributed by atoms with Crippen molar-refractivity contribution in [2.45, 2.75) is 65.5 Å². The Hall–Kier alpha value is -3.41. The van der Waals surface area contributed by atoms with Crippen molar-refractivity contribution in [3.8, 4) is 11.1 Å². The number of benzene rings is 1. The number of H-pyrrole nitrogens is 1. The van der Waals surface area contributed by atoms with E-state index in [0.29, 0.717) is 17.9 Å². The highest BCUT2D eigenvalue weighted by Crippen LogP contribution is 2.28. The molecule has 6 heteroatoms. The van der Waals surface area contributed by atoms with Crippen LogP contribution < -0.4 is 10.9 Å². The summed E-state index contributed by atoms with van der Waals surface area (Å²) in [5.41, 5.74) is 5.17. The number of aromatic amines is 1. The predicted octanol–water partition coefficient (Wildman–Crippen LogP) is 4.90. The van der Waals surface area contributed by atoms with Crippen LogP contribution in [0.25, 0.3) is 16.7 Å². The molecule has 1 saturated heterocycles. The zero-order valence-electron chi connectivity index (χ0n) is 20.7. The van der Waals surface area contributed by atoms with E-state index in [0.717, 1.165) is 35.4 Å². The zero-order valence-corrected chi connectivity index (χ0v) is 20.7. The van der Waals surface area contributed by atoms with E-state index in [-0.39, 0.29) is 22.9 Å². The lowest BCUT2D eigenvalue weighted by molar-refractivity contribution is -0.119. The van der Waals surface area contributed by atoms with Crippen LogP contribution in [0.1, 0.15) is 64.3 Å². The van der Waals surface area contributed by atoms with Crippen LogP contribution in [0.15, 0.2) is 59.7 Å². The van der Waals surface area contributed by atoms with Gasteiger partial charge in [-0.05, 0) is 41.0 Å². The summed E-state index contributed by atoms with van der Waals surface area (Å²) < 4.78 is 1.87. The van der Waals surface area contributed by atoms with E-state index in [9.17, 15) is 9.59 Å². The van der Waals surface area contributed by atoms with Crippen molar-refractivity contribution in [2.75, 3.05) is 0 Å². The third kappa shape index (κ3) is 5.38. The van der Waals surface area contributed by atoms with Gasteiger partial charge in [0.25, 0.3) is 5.56 Å². The summed E-state index contributed by atoms with van der Waals surface area (Å²) in [6.45, 7) is 11.6. The van der Waals surface area contributed by atoms with Gasteiger partial charge in [-0.25, -0.2) is 0 Å². The zero-order chi connectivity index (χ0) is 24.5. The first kappa shape index (κ1) is 23.7. The molecule has 1 aromatic carbocycles. The van der Waals surface area contributed by atoms with Gasteiger partial charge >= 0.3 is 0 Å².